The second-order valence-electron chi connectivity index (χ2n) is 6.00. The summed E-state index contributed by atoms with van der Waals surface area (Å²) in [5.41, 5.74) is 2.26. The topological polar surface area (TPSA) is 60.5 Å². The van der Waals surface area contributed by atoms with Gasteiger partial charge in [-0.1, -0.05) is 46.7 Å². The van der Waals surface area contributed by atoms with E-state index in [0.29, 0.717) is 37.2 Å². The molecule has 0 saturated heterocycles. The number of anilines is 2. The van der Waals surface area contributed by atoms with Gasteiger partial charge >= 0.3 is 0 Å². The Labute approximate surface area is 175 Å². The number of benzene rings is 2. The fraction of sp³-hybridized carbons (Fsp3) is 0.100. The van der Waals surface area contributed by atoms with E-state index in [1.54, 1.807) is 31.2 Å². The van der Waals surface area contributed by atoms with E-state index < -0.39 is 0 Å². The number of nitrogens with one attached hydrogen (secondary N) is 1. The Balaban J connectivity index is 1.49. The van der Waals surface area contributed by atoms with E-state index in [2.05, 4.69) is 10.3 Å². The second kappa shape index (κ2) is 7.83. The van der Waals surface area contributed by atoms with Crippen LogP contribution in [0.1, 0.15) is 20.9 Å². The molecule has 0 unspecified atom stereocenters. The molecule has 142 valence electrons. The maximum atomic E-state index is 12.6. The molecule has 1 aliphatic heterocycles. The molecule has 0 fully saturated rings. The van der Waals surface area contributed by atoms with Gasteiger partial charge in [-0.3, -0.25) is 4.79 Å². The quantitative estimate of drug-likeness (QED) is 0.388. The van der Waals surface area contributed by atoms with Crippen LogP contribution in [0.25, 0.3) is 6.08 Å². The minimum atomic E-state index is -0.116. The standard InChI is InChI=1S/C20H14Cl2N2O3S/c1-11-19(28-20(23-11)24-13-4-5-14(21)15(22)9-13)16(25)6-2-12-3-7-17-18(8-12)27-10-26-17/h2-9H,10H2,1H3,(H,23,24)/b6-2+. The molecule has 1 aliphatic rings. The van der Waals surface area contributed by atoms with Crippen molar-refractivity contribution in [3.05, 3.63) is 68.7 Å². The summed E-state index contributed by atoms with van der Waals surface area (Å²) in [6.07, 6.45) is 3.27. The number of carbonyl (C=O) groups excluding carboxylic acids is 1. The lowest BCUT2D eigenvalue weighted by molar-refractivity contribution is 0.105. The van der Waals surface area contributed by atoms with Crippen molar-refractivity contribution in [2.75, 3.05) is 12.1 Å². The summed E-state index contributed by atoms with van der Waals surface area (Å²) in [5, 5.41) is 4.68. The Kier molecular flexibility index (Phi) is 5.26. The van der Waals surface area contributed by atoms with E-state index in [-0.39, 0.29) is 12.6 Å². The van der Waals surface area contributed by atoms with Crippen LogP contribution in [-0.4, -0.2) is 17.6 Å². The highest BCUT2D eigenvalue weighted by Gasteiger charge is 2.15. The van der Waals surface area contributed by atoms with Gasteiger partial charge < -0.3 is 14.8 Å². The number of aromatic nitrogens is 1. The zero-order valence-corrected chi connectivity index (χ0v) is 17.0. The molecule has 0 atom stereocenters. The van der Waals surface area contributed by atoms with Gasteiger partial charge in [0, 0.05) is 5.69 Å². The molecule has 8 heteroatoms. The summed E-state index contributed by atoms with van der Waals surface area (Å²) in [6, 6.07) is 10.7. The highest BCUT2D eigenvalue weighted by molar-refractivity contribution is 7.17. The summed E-state index contributed by atoms with van der Waals surface area (Å²) in [4.78, 5) is 17.6. The number of ether oxygens (including phenoxy) is 2. The predicted molar refractivity (Wildman–Crippen MR) is 113 cm³/mol. The Hall–Kier alpha value is -2.54. The number of hydrogen-bond acceptors (Lipinski definition) is 6. The molecule has 3 aromatic rings. The first-order valence-corrected chi connectivity index (χ1v) is 9.88. The summed E-state index contributed by atoms with van der Waals surface area (Å²) in [5.74, 6) is 1.27. The molecule has 1 aromatic heterocycles. The predicted octanol–water partition coefficient (Wildman–Crippen LogP) is 6.13. The van der Waals surface area contributed by atoms with E-state index in [1.807, 2.05) is 18.2 Å². The second-order valence-corrected chi connectivity index (χ2v) is 7.81. The monoisotopic (exact) mass is 432 g/mol. The molecule has 1 N–H and O–H groups in total. The third-order valence-electron chi connectivity index (χ3n) is 4.02. The first-order valence-electron chi connectivity index (χ1n) is 8.31. The lowest BCUT2D eigenvalue weighted by atomic mass is 10.1. The van der Waals surface area contributed by atoms with Crippen molar-refractivity contribution in [1.29, 1.82) is 0 Å². The Morgan fingerprint density at radius 2 is 1.96 bits per heavy atom. The number of fused-ring (bicyclic) bond motifs is 1. The average molecular weight is 433 g/mol. The summed E-state index contributed by atoms with van der Waals surface area (Å²) >= 11 is 13.2. The van der Waals surface area contributed by atoms with E-state index in [9.17, 15) is 4.79 Å². The van der Waals surface area contributed by atoms with E-state index in [4.69, 9.17) is 32.7 Å². The van der Waals surface area contributed by atoms with Crippen molar-refractivity contribution >= 4 is 57.2 Å². The first-order chi connectivity index (χ1) is 13.5. The molecule has 4 rings (SSSR count). The van der Waals surface area contributed by atoms with Crippen LogP contribution >= 0.6 is 34.5 Å². The van der Waals surface area contributed by atoms with Crippen LogP contribution in [0.15, 0.2) is 42.5 Å². The van der Waals surface area contributed by atoms with Gasteiger partial charge in [0.1, 0.15) is 0 Å². The van der Waals surface area contributed by atoms with Gasteiger partial charge in [-0.05, 0) is 48.9 Å². The van der Waals surface area contributed by atoms with Crippen molar-refractivity contribution in [2.24, 2.45) is 0 Å². The van der Waals surface area contributed by atoms with Crippen molar-refractivity contribution in [1.82, 2.24) is 4.98 Å². The number of ketones is 1. The van der Waals surface area contributed by atoms with Crippen molar-refractivity contribution in [3.63, 3.8) is 0 Å². The molecule has 0 aliphatic carbocycles. The first kappa shape index (κ1) is 18.8. The molecule has 0 bridgehead atoms. The number of allylic oxidation sites excluding steroid dienone is 1. The van der Waals surface area contributed by atoms with Crippen molar-refractivity contribution in [3.8, 4) is 11.5 Å². The smallest absolute Gasteiger partial charge is 0.231 e. The molecule has 5 nitrogen and oxygen atoms in total. The molecule has 28 heavy (non-hydrogen) atoms. The summed E-state index contributed by atoms with van der Waals surface area (Å²) in [6.45, 7) is 2.02. The van der Waals surface area contributed by atoms with Crippen LogP contribution in [0.4, 0.5) is 10.8 Å². The van der Waals surface area contributed by atoms with Gasteiger partial charge in [0.2, 0.25) is 6.79 Å². The number of thiazole rings is 1. The SMILES string of the molecule is Cc1nc(Nc2ccc(Cl)c(Cl)c2)sc1C(=O)/C=C/c1ccc2c(c1)OCO2. The summed E-state index contributed by atoms with van der Waals surface area (Å²) in [7, 11) is 0. The summed E-state index contributed by atoms with van der Waals surface area (Å²) < 4.78 is 10.6. The highest BCUT2D eigenvalue weighted by Crippen LogP contribution is 2.33. The molecule has 0 spiro atoms. The Morgan fingerprint density at radius 3 is 2.79 bits per heavy atom. The Bertz CT molecular complexity index is 1100. The highest BCUT2D eigenvalue weighted by atomic mass is 35.5. The lowest BCUT2D eigenvalue weighted by Gasteiger charge is -2.03. The third kappa shape index (κ3) is 3.99. The fourth-order valence-corrected chi connectivity index (χ4v) is 3.85. The number of carbonyl (C=O) groups is 1. The van der Waals surface area contributed by atoms with Crippen molar-refractivity contribution in [2.45, 2.75) is 6.92 Å². The number of aryl methyl sites for hydroxylation is 1. The van der Waals surface area contributed by atoms with Gasteiger partial charge in [0.15, 0.2) is 22.4 Å². The van der Waals surface area contributed by atoms with E-state index in [1.165, 1.54) is 17.4 Å². The van der Waals surface area contributed by atoms with Gasteiger partial charge in [-0.15, -0.1) is 0 Å². The molecule has 0 radical (unpaired) electrons. The van der Waals surface area contributed by atoms with Crippen LogP contribution in [0, 0.1) is 6.92 Å². The average Bonchev–Trinajstić information content (AvgIpc) is 3.28. The molecule has 2 heterocycles. The van der Waals surface area contributed by atoms with Gasteiger partial charge in [-0.2, -0.15) is 0 Å². The number of halogens is 2. The maximum absolute atomic E-state index is 12.6. The van der Waals surface area contributed by atoms with Gasteiger partial charge in [0.05, 0.1) is 20.6 Å². The molecule has 0 saturated carbocycles. The zero-order chi connectivity index (χ0) is 19.7. The zero-order valence-electron chi connectivity index (χ0n) is 14.7. The normalized spacial score (nSPS) is 12.5. The fourth-order valence-electron chi connectivity index (χ4n) is 2.64. The number of hydrogen-bond donors (Lipinski definition) is 1. The molecule has 0 amide bonds. The third-order valence-corrected chi connectivity index (χ3v) is 5.84. The van der Waals surface area contributed by atoms with Crippen LogP contribution < -0.4 is 14.8 Å². The maximum Gasteiger partial charge on any atom is 0.231 e. The van der Waals surface area contributed by atoms with Crippen LogP contribution in [0.5, 0.6) is 11.5 Å². The van der Waals surface area contributed by atoms with E-state index >= 15 is 0 Å². The molecular weight excluding hydrogens is 419 g/mol. The Morgan fingerprint density at radius 1 is 1.14 bits per heavy atom. The molecule has 2 aromatic carbocycles. The van der Waals surface area contributed by atoms with E-state index in [0.717, 1.165) is 11.3 Å². The van der Waals surface area contributed by atoms with Crippen LogP contribution in [0.2, 0.25) is 10.0 Å². The largest absolute Gasteiger partial charge is 0.454 e. The minimum absolute atomic E-state index is 0.116. The van der Waals surface area contributed by atoms with Crippen molar-refractivity contribution < 1.29 is 14.3 Å². The van der Waals surface area contributed by atoms with Gasteiger partial charge in [0.25, 0.3) is 0 Å². The number of rotatable bonds is 5. The number of nitrogens with zero attached hydrogens (tertiary/aromatic N) is 1. The van der Waals surface area contributed by atoms with Gasteiger partial charge in [-0.25, -0.2) is 4.98 Å². The minimum Gasteiger partial charge on any atom is -0.454 e. The van der Waals surface area contributed by atoms with Crippen LogP contribution in [-0.2, 0) is 0 Å². The molecular formula is C20H14Cl2N2O3S. The van der Waals surface area contributed by atoms with Crippen LogP contribution in [0.3, 0.4) is 0 Å². The lowest BCUT2D eigenvalue weighted by Crippen LogP contribution is -1.93.